The summed E-state index contributed by atoms with van der Waals surface area (Å²) in [6.07, 6.45) is 3.17. The average molecular weight is 176 g/mol. The number of nitrogens with zero attached hydrogens (tertiary/aromatic N) is 2. The molecule has 1 aliphatic heterocycles. The molecule has 0 saturated carbocycles. The number of hydrogen-bond acceptors (Lipinski definition) is 3. The summed E-state index contributed by atoms with van der Waals surface area (Å²) in [5.74, 6) is 0. The van der Waals surface area contributed by atoms with E-state index in [1.54, 1.807) is 6.26 Å². The highest BCUT2D eigenvalue weighted by Crippen LogP contribution is 2.13. The first-order valence-corrected chi connectivity index (χ1v) is 5.16. The normalized spacial score (nSPS) is 24.8. The van der Waals surface area contributed by atoms with Crippen molar-refractivity contribution in [2.75, 3.05) is 19.3 Å². The summed E-state index contributed by atoms with van der Waals surface area (Å²) in [6, 6.07) is -0.0465. The molecular weight excluding hydrogens is 164 g/mol. The molecule has 0 spiro atoms. The molecule has 1 saturated heterocycles. The van der Waals surface area contributed by atoms with Gasteiger partial charge in [-0.25, -0.2) is 8.51 Å². The third kappa shape index (κ3) is 2.34. The van der Waals surface area contributed by atoms with Crippen LogP contribution < -0.4 is 0 Å². The predicted molar refractivity (Wildman–Crippen MR) is 44.5 cm³/mol. The second kappa shape index (κ2) is 3.92. The zero-order chi connectivity index (χ0) is 8.27. The summed E-state index contributed by atoms with van der Waals surface area (Å²) in [7, 11) is -0.879. The van der Waals surface area contributed by atoms with Crippen molar-refractivity contribution in [1.82, 2.24) is 4.31 Å². The molecule has 11 heavy (non-hydrogen) atoms. The minimum absolute atomic E-state index is 0.0465. The largest absolute Gasteiger partial charge is 0.243 e. The SMILES string of the molecule is CS(=O)N1CCC(N=O)CC1. The molecule has 1 rings (SSSR count). The Hall–Kier alpha value is -0.290. The summed E-state index contributed by atoms with van der Waals surface area (Å²) in [4.78, 5) is 10.1. The quantitative estimate of drug-likeness (QED) is 0.576. The fraction of sp³-hybridized carbons (Fsp3) is 1.00. The Morgan fingerprint density at radius 3 is 2.36 bits per heavy atom. The Morgan fingerprint density at radius 2 is 2.00 bits per heavy atom. The molecule has 1 heterocycles. The third-order valence-electron chi connectivity index (χ3n) is 1.94. The van der Waals surface area contributed by atoms with Crippen LogP contribution in [0.3, 0.4) is 0 Å². The summed E-state index contributed by atoms with van der Waals surface area (Å²) in [5.41, 5.74) is 0. The maximum absolute atomic E-state index is 10.9. The Kier molecular flexibility index (Phi) is 3.14. The lowest BCUT2D eigenvalue weighted by molar-refractivity contribution is 0.336. The van der Waals surface area contributed by atoms with Gasteiger partial charge in [-0.2, -0.15) is 4.91 Å². The lowest BCUT2D eigenvalue weighted by atomic mass is 10.1. The van der Waals surface area contributed by atoms with Gasteiger partial charge in [0, 0.05) is 19.3 Å². The van der Waals surface area contributed by atoms with Crippen LogP contribution in [-0.4, -0.2) is 33.9 Å². The van der Waals surface area contributed by atoms with Gasteiger partial charge >= 0.3 is 0 Å². The van der Waals surface area contributed by atoms with E-state index >= 15 is 0 Å². The van der Waals surface area contributed by atoms with Gasteiger partial charge < -0.3 is 0 Å². The van der Waals surface area contributed by atoms with Crippen molar-refractivity contribution >= 4 is 11.0 Å². The van der Waals surface area contributed by atoms with Crippen molar-refractivity contribution < 1.29 is 4.21 Å². The Labute approximate surface area is 68.5 Å². The monoisotopic (exact) mass is 176 g/mol. The van der Waals surface area contributed by atoms with Gasteiger partial charge in [0.2, 0.25) is 0 Å². The lowest BCUT2D eigenvalue weighted by Crippen LogP contribution is -2.35. The van der Waals surface area contributed by atoms with E-state index in [1.807, 2.05) is 4.31 Å². The molecule has 0 aromatic heterocycles. The summed E-state index contributed by atoms with van der Waals surface area (Å²) >= 11 is 0. The molecule has 0 aromatic rings. The van der Waals surface area contributed by atoms with Crippen LogP contribution in [0.2, 0.25) is 0 Å². The molecule has 1 atom stereocenters. The number of nitroso groups, excluding NO2 is 1. The first-order valence-electron chi connectivity index (χ1n) is 3.65. The molecule has 1 aliphatic rings. The van der Waals surface area contributed by atoms with Crippen molar-refractivity contribution in [3.05, 3.63) is 4.91 Å². The van der Waals surface area contributed by atoms with Gasteiger partial charge in [-0.3, -0.25) is 0 Å². The van der Waals surface area contributed by atoms with E-state index in [-0.39, 0.29) is 6.04 Å². The Bertz CT molecular complexity index is 166. The molecule has 1 fully saturated rings. The van der Waals surface area contributed by atoms with Crippen molar-refractivity contribution in [3.63, 3.8) is 0 Å². The topological polar surface area (TPSA) is 49.7 Å². The van der Waals surface area contributed by atoms with Crippen molar-refractivity contribution in [1.29, 1.82) is 0 Å². The average Bonchev–Trinajstić information content (AvgIpc) is 2.05. The molecule has 0 N–H and O–H groups in total. The fourth-order valence-electron chi connectivity index (χ4n) is 1.20. The smallest absolute Gasteiger partial charge is 0.0944 e. The van der Waals surface area contributed by atoms with E-state index in [9.17, 15) is 9.12 Å². The summed E-state index contributed by atoms with van der Waals surface area (Å²) in [5, 5.41) is 2.97. The standard InChI is InChI=1S/C6H12N2O2S/c1-11(10)8-4-2-6(7-9)3-5-8/h6H,2-5H2,1H3. The van der Waals surface area contributed by atoms with Crippen LogP contribution in [0.5, 0.6) is 0 Å². The fourth-order valence-corrected chi connectivity index (χ4v) is 1.93. The van der Waals surface area contributed by atoms with Gasteiger partial charge in [0.1, 0.15) is 0 Å². The number of rotatable bonds is 2. The van der Waals surface area contributed by atoms with Gasteiger partial charge in [-0.1, -0.05) is 5.18 Å². The highest BCUT2D eigenvalue weighted by molar-refractivity contribution is 7.81. The highest BCUT2D eigenvalue weighted by atomic mass is 32.2. The van der Waals surface area contributed by atoms with E-state index in [4.69, 9.17) is 0 Å². The number of hydrogen-bond donors (Lipinski definition) is 0. The second-order valence-electron chi connectivity index (χ2n) is 2.69. The van der Waals surface area contributed by atoms with Crippen LogP contribution in [0.4, 0.5) is 0 Å². The van der Waals surface area contributed by atoms with E-state index in [0.717, 1.165) is 25.9 Å². The molecule has 0 amide bonds. The van der Waals surface area contributed by atoms with Crippen molar-refractivity contribution in [3.8, 4) is 0 Å². The third-order valence-corrected chi connectivity index (χ3v) is 3.03. The summed E-state index contributed by atoms with van der Waals surface area (Å²) in [6.45, 7) is 1.47. The molecule has 5 heteroatoms. The van der Waals surface area contributed by atoms with Crippen LogP contribution in [-0.2, 0) is 11.0 Å². The molecule has 0 aliphatic carbocycles. The van der Waals surface area contributed by atoms with E-state index in [2.05, 4.69) is 5.18 Å². The van der Waals surface area contributed by atoms with Gasteiger partial charge in [0.15, 0.2) is 0 Å². The summed E-state index contributed by atoms with van der Waals surface area (Å²) < 4.78 is 12.8. The zero-order valence-corrected chi connectivity index (χ0v) is 7.34. The lowest BCUT2D eigenvalue weighted by Gasteiger charge is -2.25. The minimum atomic E-state index is -0.879. The zero-order valence-electron chi connectivity index (χ0n) is 6.52. The van der Waals surface area contributed by atoms with Crippen molar-refractivity contribution in [2.24, 2.45) is 5.18 Å². The van der Waals surface area contributed by atoms with Crippen LogP contribution >= 0.6 is 0 Å². The maximum atomic E-state index is 10.9. The molecule has 1 unspecified atom stereocenters. The Balaban J connectivity index is 2.35. The van der Waals surface area contributed by atoms with E-state index in [1.165, 1.54) is 0 Å². The molecule has 64 valence electrons. The van der Waals surface area contributed by atoms with Crippen LogP contribution in [0, 0.1) is 4.91 Å². The molecule has 4 nitrogen and oxygen atoms in total. The first kappa shape index (κ1) is 8.80. The number of piperidine rings is 1. The second-order valence-corrected chi connectivity index (χ2v) is 4.05. The van der Waals surface area contributed by atoms with Crippen molar-refractivity contribution in [2.45, 2.75) is 18.9 Å². The molecule has 0 aromatic carbocycles. The molecule has 0 radical (unpaired) electrons. The van der Waals surface area contributed by atoms with Crippen LogP contribution in [0.15, 0.2) is 5.18 Å². The highest BCUT2D eigenvalue weighted by Gasteiger charge is 2.20. The van der Waals surface area contributed by atoms with Gasteiger partial charge in [-0.05, 0) is 12.8 Å². The van der Waals surface area contributed by atoms with Gasteiger partial charge in [0.25, 0.3) is 0 Å². The van der Waals surface area contributed by atoms with Crippen LogP contribution in [0.1, 0.15) is 12.8 Å². The maximum Gasteiger partial charge on any atom is 0.0944 e. The molecular formula is C6H12N2O2S. The van der Waals surface area contributed by atoms with E-state index in [0.29, 0.717) is 0 Å². The molecule has 0 bridgehead atoms. The predicted octanol–water partition coefficient (Wildman–Crippen LogP) is 0.511. The van der Waals surface area contributed by atoms with E-state index < -0.39 is 11.0 Å². The van der Waals surface area contributed by atoms with Gasteiger partial charge in [0.05, 0.1) is 17.0 Å². The minimum Gasteiger partial charge on any atom is -0.243 e. The first-order chi connectivity index (χ1) is 5.24. The van der Waals surface area contributed by atoms with Gasteiger partial charge in [-0.15, -0.1) is 0 Å². The Morgan fingerprint density at radius 1 is 1.45 bits per heavy atom. The van der Waals surface area contributed by atoms with Crippen LogP contribution in [0.25, 0.3) is 0 Å².